The highest BCUT2D eigenvalue weighted by Gasteiger charge is 2.26. The van der Waals surface area contributed by atoms with Gasteiger partial charge in [0, 0.05) is 25.8 Å². The van der Waals surface area contributed by atoms with Crippen LogP contribution in [0.4, 0.5) is 0 Å². The first-order chi connectivity index (χ1) is 37.7. The van der Waals surface area contributed by atoms with Crippen LogP contribution in [0.25, 0.3) is 0 Å². The summed E-state index contributed by atoms with van der Waals surface area (Å²) in [6.07, 6.45) is 40.2. The topological polar surface area (TPSA) is 253 Å². The molecule has 0 radical (unpaired) electrons. The van der Waals surface area contributed by atoms with Crippen LogP contribution >= 0.6 is 7.82 Å². The lowest BCUT2D eigenvalue weighted by Crippen LogP contribution is -2.48. The number of carbonyl (C=O) groups is 5. The SMILES string of the molecule is CCCCCCCCCCCC(=O)O[C@H](CCCCCCCCCCC)CC(=O)N[C@@H](CCOP(=O)(O)O)C(=O)NCCC[C@H](COC(=O)CCCCCCCCCCCN)NC(=O)C[C@H](O)CCCCCCCCCCC. The van der Waals surface area contributed by atoms with Gasteiger partial charge < -0.3 is 46.1 Å². The Kier molecular flexibility index (Phi) is 53.1. The van der Waals surface area contributed by atoms with E-state index in [-0.39, 0.29) is 63.1 Å². The van der Waals surface area contributed by atoms with Gasteiger partial charge in [-0.25, -0.2) is 4.57 Å². The van der Waals surface area contributed by atoms with E-state index in [1.54, 1.807) is 0 Å². The first-order valence-electron chi connectivity index (χ1n) is 32.0. The number of phosphoric acid groups is 1. The van der Waals surface area contributed by atoms with Gasteiger partial charge in [-0.05, 0) is 57.9 Å². The number of rotatable bonds is 59. The van der Waals surface area contributed by atoms with Crippen molar-refractivity contribution in [3.05, 3.63) is 0 Å². The number of nitrogens with two attached hydrogens (primary N) is 1. The van der Waals surface area contributed by atoms with Crippen LogP contribution in [0.3, 0.4) is 0 Å². The van der Waals surface area contributed by atoms with Gasteiger partial charge in [0.1, 0.15) is 18.8 Å². The molecule has 0 heterocycles. The Balaban J connectivity index is 5.61. The summed E-state index contributed by atoms with van der Waals surface area (Å²) in [5.41, 5.74) is 5.59. The molecule has 0 aromatic carbocycles. The smallest absolute Gasteiger partial charge is 0.463 e. The molecule has 0 fully saturated rings. The van der Waals surface area contributed by atoms with Crippen LogP contribution in [-0.2, 0) is 42.5 Å². The normalized spacial score (nSPS) is 13.2. The fourth-order valence-corrected chi connectivity index (χ4v) is 10.2. The number of nitrogens with one attached hydrogen (secondary N) is 3. The Morgan fingerprint density at radius 1 is 0.487 bits per heavy atom. The van der Waals surface area contributed by atoms with Crippen molar-refractivity contribution in [3.63, 3.8) is 0 Å². The molecule has 0 aromatic rings. The molecule has 0 aliphatic heterocycles. The molecule has 0 saturated carbocycles. The van der Waals surface area contributed by atoms with Gasteiger partial charge >= 0.3 is 19.8 Å². The third-order valence-electron chi connectivity index (χ3n) is 14.6. The van der Waals surface area contributed by atoms with E-state index >= 15 is 0 Å². The van der Waals surface area contributed by atoms with Crippen LogP contribution in [-0.4, -0.2) is 95.1 Å². The summed E-state index contributed by atoms with van der Waals surface area (Å²) in [6.45, 7) is 6.87. The molecule has 0 saturated heterocycles. The number of hydrogen-bond acceptors (Lipinski definition) is 11. The second-order valence-corrected chi connectivity index (χ2v) is 23.6. The fourth-order valence-electron chi connectivity index (χ4n) is 9.82. The van der Waals surface area contributed by atoms with Gasteiger partial charge in [-0.2, -0.15) is 0 Å². The summed E-state index contributed by atoms with van der Waals surface area (Å²) >= 11 is 0. The Morgan fingerprint density at radius 3 is 1.38 bits per heavy atom. The van der Waals surface area contributed by atoms with E-state index in [9.17, 15) is 43.4 Å². The highest BCUT2D eigenvalue weighted by atomic mass is 31.2. The minimum atomic E-state index is -4.87. The average molecular weight is 1130 g/mol. The standard InChI is InChI=1S/C61H119N4O12P/c1-4-7-10-13-16-20-25-30-35-42-54(66)50-57(67)64-53(52-75-59(69)44-37-32-27-23-19-24-29-34-39-47-62)41-40-48-63-61(71)56(46-49-76-78(72,73)74)65-58(68)51-55(43-36-31-26-21-17-14-11-8-5-2)77-60(70)45-38-33-28-22-18-15-12-9-6-3/h53-56,66H,4-52,62H2,1-3H3,(H,63,71)(H,64,67)(H,65,68)(H2,72,73,74)/t53-,54-,55-,56+/m1/s1. The van der Waals surface area contributed by atoms with Crippen molar-refractivity contribution < 1.29 is 57.4 Å². The maximum Gasteiger partial charge on any atom is 0.469 e. The summed E-state index contributed by atoms with van der Waals surface area (Å²) in [6, 6.07) is -1.81. The lowest BCUT2D eigenvalue weighted by Gasteiger charge is -2.22. The Morgan fingerprint density at radius 2 is 0.910 bits per heavy atom. The Hall–Kier alpha value is -2.62. The molecule has 4 atom stereocenters. The summed E-state index contributed by atoms with van der Waals surface area (Å²) in [5.74, 6) is -2.20. The van der Waals surface area contributed by atoms with Crippen LogP contribution in [0, 0.1) is 0 Å². The minimum absolute atomic E-state index is 0.0714. The van der Waals surface area contributed by atoms with Gasteiger partial charge in [0.15, 0.2) is 0 Å². The van der Waals surface area contributed by atoms with Gasteiger partial charge in [-0.1, -0.05) is 226 Å². The van der Waals surface area contributed by atoms with Gasteiger partial charge in [0.2, 0.25) is 17.7 Å². The molecule has 16 nitrogen and oxygen atoms in total. The second-order valence-electron chi connectivity index (χ2n) is 22.3. The zero-order valence-corrected chi connectivity index (χ0v) is 50.9. The summed E-state index contributed by atoms with van der Waals surface area (Å²) in [4.78, 5) is 85.2. The van der Waals surface area contributed by atoms with Gasteiger partial charge in [0.05, 0.1) is 31.6 Å². The van der Waals surface area contributed by atoms with Crippen molar-refractivity contribution in [2.24, 2.45) is 5.73 Å². The molecule has 0 rings (SSSR count). The number of phosphoric ester groups is 1. The lowest BCUT2D eigenvalue weighted by molar-refractivity contribution is -0.151. The monoisotopic (exact) mass is 1130 g/mol. The van der Waals surface area contributed by atoms with E-state index in [0.29, 0.717) is 38.5 Å². The maximum atomic E-state index is 13.7. The fraction of sp³-hybridized carbons (Fsp3) is 0.918. The van der Waals surface area contributed by atoms with E-state index in [1.165, 1.54) is 128 Å². The van der Waals surface area contributed by atoms with Crippen molar-refractivity contribution in [2.45, 2.75) is 334 Å². The molecular weight excluding hydrogens is 1010 g/mol. The zero-order chi connectivity index (χ0) is 57.6. The molecule has 0 aliphatic rings. The number of hydrogen-bond donors (Lipinski definition) is 7. The Labute approximate surface area is 475 Å². The predicted molar refractivity (Wildman–Crippen MR) is 316 cm³/mol. The molecule has 17 heteroatoms. The lowest BCUT2D eigenvalue weighted by atomic mass is 10.0. The number of esters is 2. The van der Waals surface area contributed by atoms with E-state index in [1.807, 2.05) is 0 Å². The number of unbranched alkanes of at least 4 members (excludes halogenated alkanes) is 32. The maximum absolute atomic E-state index is 13.7. The molecule has 0 aromatic heterocycles. The number of aliphatic hydroxyl groups is 1. The largest absolute Gasteiger partial charge is 0.469 e. The number of ether oxygens (including phenoxy) is 2. The van der Waals surface area contributed by atoms with E-state index in [4.69, 9.17) is 15.2 Å². The van der Waals surface area contributed by atoms with Crippen molar-refractivity contribution >= 4 is 37.5 Å². The third kappa shape index (κ3) is 52.7. The van der Waals surface area contributed by atoms with E-state index < -0.39 is 50.5 Å². The van der Waals surface area contributed by atoms with Crippen molar-refractivity contribution in [2.75, 3.05) is 26.3 Å². The molecule has 0 unspecified atom stereocenters. The Bertz CT molecular complexity index is 1490. The van der Waals surface area contributed by atoms with Crippen LogP contribution in [0.15, 0.2) is 0 Å². The van der Waals surface area contributed by atoms with Crippen molar-refractivity contribution in [3.8, 4) is 0 Å². The quantitative estimate of drug-likeness (QED) is 0.0170. The van der Waals surface area contributed by atoms with Crippen molar-refractivity contribution in [1.29, 1.82) is 0 Å². The highest BCUT2D eigenvalue weighted by Crippen LogP contribution is 2.35. The van der Waals surface area contributed by atoms with Gasteiger partial charge in [-0.15, -0.1) is 0 Å². The van der Waals surface area contributed by atoms with Crippen LogP contribution in [0.5, 0.6) is 0 Å². The number of carbonyl (C=O) groups excluding carboxylic acids is 5. The van der Waals surface area contributed by atoms with E-state index in [2.05, 4.69) is 41.2 Å². The zero-order valence-electron chi connectivity index (χ0n) is 50.0. The molecule has 460 valence electrons. The number of amides is 3. The summed E-state index contributed by atoms with van der Waals surface area (Å²) in [7, 11) is -4.87. The molecule has 0 bridgehead atoms. The first kappa shape index (κ1) is 75.4. The molecule has 3 amide bonds. The first-order valence-corrected chi connectivity index (χ1v) is 33.6. The number of aliphatic hydroxyl groups excluding tert-OH is 1. The second kappa shape index (κ2) is 54.9. The molecule has 8 N–H and O–H groups in total. The average Bonchev–Trinajstić information content (AvgIpc) is 3.39. The molecule has 0 spiro atoms. The van der Waals surface area contributed by atoms with Crippen LogP contribution in [0.1, 0.15) is 310 Å². The van der Waals surface area contributed by atoms with Gasteiger partial charge in [0.25, 0.3) is 0 Å². The third-order valence-corrected chi connectivity index (χ3v) is 15.1. The highest BCUT2D eigenvalue weighted by molar-refractivity contribution is 7.46. The van der Waals surface area contributed by atoms with Crippen LogP contribution < -0.4 is 21.7 Å². The summed E-state index contributed by atoms with van der Waals surface area (Å²) in [5, 5.41) is 19.2. The molecule has 0 aliphatic carbocycles. The van der Waals surface area contributed by atoms with Crippen molar-refractivity contribution in [1.82, 2.24) is 16.0 Å². The minimum Gasteiger partial charge on any atom is -0.463 e. The van der Waals surface area contributed by atoms with E-state index in [0.717, 1.165) is 96.4 Å². The predicted octanol–water partition coefficient (Wildman–Crippen LogP) is 13.6. The van der Waals surface area contributed by atoms with Crippen LogP contribution in [0.2, 0.25) is 0 Å². The van der Waals surface area contributed by atoms with Gasteiger partial charge in [-0.3, -0.25) is 28.5 Å². The molecule has 78 heavy (non-hydrogen) atoms. The summed E-state index contributed by atoms with van der Waals surface area (Å²) < 4.78 is 27.8. The molecular formula is C61H119N4O12P.